The Balaban J connectivity index is 2.37. The lowest BCUT2D eigenvalue weighted by Gasteiger charge is -2.37. The summed E-state index contributed by atoms with van der Waals surface area (Å²) in [5.74, 6) is 1.53. The number of nitrogens with zero attached hydrogens (tertiary/aromatic N) is 1. The molecule has 1 aromatic rings. The summed E-state index contributed by atoms with van der Waals surface area (Å²) in [7, 11) is 1.71. The van der Waals surface area contributed by atoms with Gasteiger partial charge in [0, 0.05) is 32.1 Å². The second-order valence-corrected chi connectivity index (χ2v) is 15.2. The van der Waals surface area contributed by atoms with E-state index in [1.807, 2.05) is 48.5 Å². The molecule has 8 nitrogen and oxygen atoms in total. The Morgan fingerprint density at radius 1 is 1.07 bits per heavy atom. The van der Waals surface area contributed by atoms with Gasteiger partial charge in [-0.05, 0) is 89.3 Å². The Kier molecular flexibility index (Phi) is 14.7. The van der Waals surface area contributed by atoms with Crippen molar-refractivity contribution in [3.63, 3.8) is 0 Å². The molecule has 1 fully saturated rings. The number of ether oxygens (including phenoxy) is 4. The topological polar surface area (TPSA) is 86.3 Å². The lowest BCUT2D eigenvalue weighted by Crippen LogP contribution is -2.52. The molecular formula is C37H64N2O6. The summed E-state index contributed by atoms with van der Waals surface area (Å²) >= 11 is 0. The van der Waals surface area contributed by atoms with Gasteiger partial charge >= 0.3 is 6.09 Å². The van der Waals surface area contributed by atoms with Crippen LogP contribution in [0.25, 0.3) is 0 Å². The third kappa shape index (κ3) is 11.8. The fourth-order valence-corrected chi connectivity index (χ4v) is 6.08. The number of methoxy groups -OCH3 is 1. The first-order chi connectivity index (χ1) is 21.0. The summed E-state index contributed by atoms with van der Waals surface area (Å²) in [6.45, 7) is 23.8. The molecule has 1 aliphatic rings. The van der Waals surface area contributed by atoms with E-state index in [-0.39, 0.29) is 24.0 Å². The van der Waals surface area contributed by atoms with Crippen LogP contribution in [0.2, 0.25) is 0 Å². The van der Waals surface area contributed by atoms with Crippen LogP contribution in [0.5, 0.6) is 5.75 Å². The molecule has 3 atom stereocenters. The molecule has 1 N–H and O–H groups in total. The fourth-order valence-electron chi connectivity index (χ4n) is 6.08. The van der Waals surface area contributed by atoms with Crippen LogP contribution in [0, 0.1) is 17.3 Å². The average molecular weight is 633 g/mol. The number of hydrogen-bond acceptors (Lipinski definition) is 6. The molecular weight excluding hydrogens is 568 g/mol. The molecule has 1 aromatic carbocycles. The van der Waals surface area contributed by atoms with Crippen LogP contribution >= 0.6 is 0 Å². The second kappa shape index (κ2) is 17.0. The first kappa shape index (κ1) is 38.9. The molecule has 0 spiro atoms. The van der Waals surface area contributed by atoms with E-state index in [0.29, 0.717) is 32.1 Å². The number of rotatable bonds is 17. The Bertz CT molecular complexity index is 1080. The molecule has 1 saturated heterocycles. The van der Waals surface area contributed by atoms with Crippen LogP contribution < -0.4 is 10.1 Å². The molecule has 2 amide bonds. The van der Waals surface area contributed by atoms with E-state index in [4.69, 9.17) is 18.9 Å². The maximum absolute atomic E-state index is 13.7. The van der Waals surface area contributed by atoms with Crippen molar-refractivity contribution in [3.8, 4) is 5.75 Å². The zero-order valence-corrected chi connectivity index (χ0v) is 30.5. The van der Waals surface area contributed by atoms with Crippen LogP contribution in [0.15, 0.2) is 18.2 Å². The fraction of sp³-hybridized carbons (Fsp3) is 0.784. The first-order valence-corrected chi connectivity index (χ1v) is 17.2. The maximum atomic E-state index is 13.7. The molecule has 0 radical (unpaired) electrons. The average Bonchev–Trinajstić information content (AvgIpc) is 3.20. The lowest BCUT2D eigenvalue weighted by molar-refractivity contribution is -0.131. The van der Waals surface area contributed by atoms with E-state index < -0.39 is 22.8 Å². The highest BCUT2D eigenvalue weighted by atomic mass is 16.6. The zero-order valence-electron chi connectivity index (χ0n) is 30.5. The molecule has 0 aromatic heterocycles. The third-order valence-electron chi connectivity index (χ3n) is 8.85. The molecule has 0 saturated carbocycles. The van der Waals surface area contributed by atoms with Gasteiger partial charge in [0.2, 0.25) is 5.91 Å². The van der Waals surface area contributed by atoms with Gasteiger partial charge < -0.3 is 24.3 Å². The molecule has 0 unspecified atom stereocenters. The van der Waals surface area contributed by atoms with Crippen molar-refractivity contribution in [1.82, 2.24) is 10.2 Å². The number of amides is 2. The summed E-state index contributed by atoms with van der Waals surface area (Å²) in [5, 5.41) is 3.18. The Morgan fingerprint density at radius 3 is 2.33 bits per heavy atom. The number of benzene rings is 1. The van der Waals surface area contributed by atoms with E-state index in [0.717, 1.165) is 44.3 Å². The summed E-state index contributed by atoms with van der Waals surface area (Å²) in [4.78, 5) is 28.8. The molecule has 258 valence electrons. The zero-order chi connectivity index (χ0) is 34.0. The monoisotopic (exact) mass is 632 g/mol. The molecule has 0 bridgehead atoms. The summed E-state index contributed by atoms with van der Waals surface area (Å²) in [5.41, 5.74) is 0.382. The lowest BCUT2D eigenvalue weighted by atomic mass is 9.82. The number of carbonyl (C=O) groups is 2. The second-order valence-electron chi connectivity index (χ2n) is 15.2. The van der Waals surface area contributed by atoms with Gasteiger partial charge in [-0.15, -0.1) is 0 Å². The Hall–Kier alpha value is -2.32. The third-order valence-corrected chi connectivity index (χ3v) is 8.85. The van der Waals surface area contributed by atoms with Gasteiger partial charge in [-0.25, -0.2) is 4.79 Å². The standard InChI is InChI=1S/C37H64N2O6/c1-13-15-19-36(8,9)33(40)38-25-32-30(39(37(10,11)44-32)34(41)45-35(5,6)7)24-29(26(3)4)22-27-17-18-28(14-2)31(23-27)43-21-16-20-42-12/h17-18,23,26,29-30,32H,13-16,19-22,24-25H2,1-12H3,(H,38,40)/t29-,30-,32-/m0/s1. The quantitative estimate of drug-likeness (QED) is 0.176. The van der Waals surface area contributed by atoms with Crippen molar-refractivity contribution in [2.45, 2.75) is 145 Å². The number of carbonyl (C=O) groups excluding carboxylic acids is 2. The van der Waals surface area contributed by atoms with Crippen molar-refractivity contribution in [2.75, 3.05) is 26.9 Å². The van der Waals surface area contributed by atoms with Gasteiger partial charge in [-0.1, -0.05) is 66.5 Å². The summed E-state index contributed by atoms with van der Waals surface area (Å²) < 4.78 is 23.9. The van der Waals surface area contributed by atoms with Crippen molar-refractivity contribution in [3.05, 3.63) is 29.3 Å². The predicted octanol–water partition coefficient (Wildman–Crippen LogP) is 7.94. The van der Waals surface area contributed by atoms with Crippen LogP contribution in [0.1, 0.15) is 119 Å². The Morgan fingerprint density at radius 2 is 1.76 bits per heavy atom. The highest BCUT2D eigenvalue weighted by Crippen LogP contribution is 2.39. The summed E-state index contributed by atoms with van der Waals surface area (Å²) in [6, 6.07) is 6.28. The molecule has 0 aliphatic carbocycles. The van der Waals surface area contributed by atoms with Gasteiger partial charge in [-0.3, -0.25) is 9.69 Å². The van der Waals surface area contributed by atoms with Crippen LogP contribution in [-0.4, -0.2) is 67.2 Å². The maximum Gasteiger partial charge on any atom is 0.412 e. The van der Waals surface area contributed by atoms with E-state index in [9.17, 15) is 9.59 Å². The van der Waals surface area contributed by atoms with E-state index in [1.54, 1.807) is 12.0 Å². The number of hydrogen-bond donors (Lipinski definition) is 1. The SMILES string of the molecule is CCCCC(C)(C)C(=O)NC[C@@H]1OC(C)(C)N(C(=O)OC(C)(C)C)[C@H]1C[C@H](Cc1ccc(CC)c(OCCCOC)c1)C(C)C. The van der Waals surface area contributed by atoms with Gasteiger partial charge in [0.1, 0.15) is 17.1 Å². The number of unbranched alkanes of at least 4 members (excludes halogenated alkanes) is 1. The number of nitrogens with one attached hydrogen (secondary N) is 1. The smallest absolute Gasteiger partial charge is 0.412 e. The highest BCUT2D eigenvalue weighted by Gasteiger charge is 2.52. The van der Waals surface area contributed by atoms with E-state index in [1.165, 1.54) is 11.1 Å². The predicted molar refractivity (Wildman–Crippen MR) is 182 cm³/mol. The molecule has 1 aliphatic heterocycles. The van der Waals surface area contributed by atoms with Gasteiger partial charge in [0.15, 0.2) is 0 Å². The van der Waals surface area contributed by atoms with Crippen molar-refractivity contribution in [2.24, 2.45) is 17.3 Å². The first-order valence-electron chi connectivity index (χ1n) is 17.2. The van der Waals surface area contributed by atoms with E-state index in [2.05, 4.69) is 51.2 Å². The highest BCUT2D eigenvalue weighted by molar-refractivity contribution is 5.81. The minimum atomic E-state index is -0.895. The van der Waals surface area contributed by atoms with Crippen molar-refractivity contribution in [1.29, 1.82) is 0 Å². The minimum Gasteiger partial charge on any atom is -0.493 e. The molecule has 8 heteroatoms. The van der Waals surface area contributed by atoms with Crippen molar-refractivity contribution >= 4 is 12.0 Å². The molecule has 45 heavy (non-hydrogen) atoms. The normalized spacial score (nSPS) is 19.1. The molecule has 2 rings (SSSR count). The van der Waals surface area contributed by atoms with Crippen LogP contribution in [0.4, 0.5) is 4.79 Å². The summed E-state index contributed by atoms with van der Waals surface area (Å²) in [6.07, 6.45) is 5.38. The minimum absolute atomic E-state index is 0.0151. The van der Waals surface area contributed by atoms with Crippen molar-refractivity contribution < 1.29 is 28.5 Å². The van der Waals surface area contributed by atoms with Gasteiger partial charge in [0.25, 0.3) is 0 Å². The van der Waals surface area contributed by atoms with Crippen LogP contribution in [-0.2, 0) is 31.8 Å². The van der Waals surface area contributed by atoms with E-state index >= 15 is 0 Å². The number of aryl methyl sites for hydroxylation is 1. The molecule has 1 heterocycles. The van der Waals surface area contributed by atoms with Gasteiger partial charge in [0.05, 0.1) is 18.8 Å². The van der Waals surface area contributed by atoms with Crippen LogP contribution in [0.3, 0.4) is 0 Å². The van der Waals surface area contributed by atoms with Gasteiger partial charge in [-0.2, -0.15) is 0 Å². The largest absolute Gasteiger partial charge is 0.493 e. The Labute approximate surface area is 274 Å².